The highest BCUT2D eigenvalue weighted by atomic mass is 16.2. The molecule has 1 aliphatic heterocycles. The lowest BCUT2D eigenvalue weighted by atomic mass is 10.0. The number of hydrogen-bond donors (Lipinski definition) is 1. The first kappa shape index (κ1) is 20.4. The fourth-order valence-electron chi connectivity index (χ4n) is 4.08. The van der Waals surface area contributed by atoms with Crippen LogP contribution in [0, 0.1) is 13.8 Å². The first-order valence-corrected chi connectivity index (χ1v) is 10.9. The topological polar surface area (TPSA) is 42.6 Å². The number of aryl methyl sites for hydroxylation is 2. The molecule has 1 saturated heterocycles. The van der Waals surface area contributed by atoms with E-state index in [2.05, 4.69) is 51.1 Å². The normalized spacial score (nSPS) is 14.8. The molecule has 30 heavy (non-hydrogen) atoms. The van der Waals surface area contributed by atoms with Gasteiger partial charge in [0.2, 0.25) is 0 Å². The van der Waals surface area contributed by atoms with Gasteiger partial charge >= 0.3 is 0 Å². The van der Waals surface area contributed by atoms with Gasteiger partial charge in [-0.1, -0.05) is 42.5 Å². The lowest BCUT2D eigenvalue weighted by Crippen LogP contribution is -3.14. The Balaban J connectivity index is 1.68. The van der Waals surface area contributed by atoms with Crippen LogP contribution in [-0.2, 0) is 6.54 Å². The number of benzene rings is 2. The highest BCUT2D eigenvalue weighted by Crippen LogP contribution is 2.26. The van der Waals surface area contributed by atoms with Gasteiger partial charge in [0.05, 0.1) is 44.8 Å². The van der Waals surface area contributed by atoms with Crippen LogP contribution < -0.4 is 4.90 Å². The molecule has 156 valence electrons. The van der Waals surface area contributed by atoms with Crippen LogP contribution in [0.5, 0.6) is 0 Å². The van der Waals surface area contributed by atoms with E-state index in [1.54, 1.807) is 4.90 Å². The minimum absolute atomic E-state index is 0.0951. The second-order valence-electron chi connectivity index (χ2n) is 8.27. The lowest BCUT2D eigenvalue weighted by molar-refractivity contribution is -0.902. The number of likely N-dealkylation sites (N-methyl/N-ethyl adjacent to an activating group) is 1. The van der Waals surface area contributed by atoms with Crippen molar-refractivity contribution in [1.82, 2.24) is 14.7 Å². The van der Waals surface area contributed by atoms with E-state index in [4.69, 9.17) is 5.10 Å². The molecule has 0 atom stereocenters. The van der Waals surface area contributed by atoms with E-state index in [-0.39, 0.29) is 5.91 Å². The number of amides is 1. The maximum atomic E-state index is 13.5. The van der Waals surface area contributed by atoms with Gasteiger partial charge in [-0.25, -0.2) is 0 Å². The number of nitrogens with one attached hydrogen (secondary N) is 1. The van der Waals surface area contributed by atoms with Gasteiger partial charge in [0.15, 0.2) is 0 Å². The highest BCUT2D eigenvalue weighted by molar-refractivity contribution is 6.00. The van der Waals surface area contributed by atoms with Crippen LogP contribution in [0.1, 0.15) is 34.0 Å². The number of aromatic nitrogens is 2. The molecule has 2 heterocycles. The fraction of sp³-hybridized carbons (Fsp3) is 0.360. The minimum Gasteiger partial charge on any atom is -0.332 e. The van der Waals surface area contributed by atoms with Crippen LogP contribution in [0.4, 0.5) is 0 Å². The number of hydrogen-bond acceptors (Lipinski definition) is 2. The zero-order valence-electron chi connectivity index (χ0n) is 18.2. The Morgan fingerprint density at radius 1 is 1.03 bits per heavy atom. The number of rotatable bonds is 5. The maximum Gasteiger partial charge on any atom is 0.258 e. The van der Waals surface area contributed by atoms with Crippen LogP contribution in [0.25, 0.3) is 11.3 Å². The van der Waals surface area contributed by atoms with Crippen molar-refractivity contribution in [2.24, 2.45) is 0 Å². The molecule has 0 radical (unpaired) electrons. The second kappa shape index (κ2) is 8.84. The number of piperazine rings is 1. The fourth-order valence-corrected chi connectivity index (χ4v) is 4.08. The monoisotopic (exact) mass is 403 g/mol. The standard InChI is InChI=1S/C25H30N4O/c1-4-27-12-14-28(15-13-27)25(30)23-18-29(17-21-8-6-5-7-9-21)26-24(23)22-11-10-19(2)20(3)16-22/h5-11,16,18H,4,12-15,17H2,1-3H3/p+1. The quantitative estimate of drug-likeness (QED) is 0.712. The molecule has 0 aliphatic carbocycles. The summed E-state index contributed by atoms with van der Waals surface area (Å²) in [5, 5.41) is 4.86. The molecule has 4 rings (SSSR count). The molecule has 1 aliphatic rings. The smallest absolute Gasteiger partial charge is 0.258 e. The largest absolute Gasteiger partial charge is 0.332 e. The van der Waals surface area contributed by atoms with Gasteiger partial charge < -0.3 is 9.80 Å². The molecule has 1 amide bonds. The van der Waals surface area contributed by atoms with Gasteiger partial charge in [-0.2, -0.15) is 5.10 Å². The third kappa shape index (κ3) is 4.31. The maximum absolute atomic E-state index is 13.5. The van der Waals surface area contributed by atoms with Gasteiger partial charge in [-0.15, -0.1) is 0 Å². The Bertz CT molecular complexity index is 1020. The summed E-state index contributed by atoms with van der Waals surface area (Å²) in [5.74, 6) is 0.0951. The van der Waals surface area contributed by atoms with E-state index in [0.717, 1.165) is 44.0 Å². The molecular weight excluding hydrogens is 372 g/mol. The summed E-state index contributed by atoms with van der Waals surface area (Å²) < 4.78 is 1.90. The van der Waals surface area contributed by atoms with Gasteiger partial charge in [-0.3, -0.25) is 9.48 Å². The van der Waals surface area contributed by atoms with Crippen LogP contribution >= 0.6 is 0 Å². The average molecular weight is 404 g/mol. The van der Waals surface area contributed by atoms with E-state index in [1.165, 1.54) is 16.7 Å². The zero-order chi connectivity index (χ0) is 21.1. The third-order valence-corrected chi connectivity index (χ3v) is 6.22. The van der Waals surface area contributed by atoms with E-state index in [0.29, 0.717) is 12.1 Å². The summed E-state index contributed by atoms with van der Waals surface area (Å²) in [4.78, 5) is 17.0. The second-order valence-corrected chi connectivity index (χ2v) is 8.27. The molecule has 5 heteroatoms. The zero-order valence-corrected chi connectivity index (χ0v) is 18.2. The predicted molar refractivity (Wildman–Crippen MR) is 120 cm³/mol. The van der Waals surface area contributed by atoms with Crippen molar-refractivity contribution < 1.29 is 9.69 Å². The molecule has 0 saturated carbocycles. The Morgan fingerprint density at radius 2 is 1.77 bits per heavy atom. The van der Waals surface area contributed by atoms with E-state index in [9.17, 15) is 4.79 Å². The van der Waals surface area contributed by atoms with E-state index >= 15 is 0 Å². The van der Waals surface area contributed by atoms with Gasteiger partial charge in [0.1, 0.15) is 5.69 Å². The SMILES string of the molecule is CC[NH+]1CCN(C(=O)c2cn(Cc3ccccc3)nc2-c2ccc(C)c(C)c2)CC1. The average Bonchev–Trinajstić information content (AvgIpc) is 3.19. The molecule has 0 unspecified atom stereocenters. The van der Waals surface area contributed by atoms with Crippen molar-refractivity contribution in [2.45, 2.75) is 27.3 Å². The van der Waals surface area contributed by atoms with Crippen LogP contribution in [0.2, 0.25) is 0 Å². The van der Waals surface area contributed by atoms with Gasteiger partial charge in [-0.05, 0) is 43.5 Å². The number of carbonyl (C=O) groups is 1. The van der Waals surface area contributed by atoms with Crippen molar-refractivity contribution in [3.63, 3.8) is 0 Å². The summed E-state index contributed by atoms with van der Waals surface area (Å²) in [5.41, 5.74) is 6.12. The summed E-state index contributed by atoms with van der Waals surface area (Å²) in [6.45, 7) is 11.8. The molecule has 0 spiro atoms. The van der Waals surface area contributed by atoms with Crippen molar-refractivity contribution in [3.8, 4) is 11.3 Å². The Morgan fingerprint density at radius 3 is 2.43 bits per heavy atom. The number of nitrogens with zero attached hydrogens (tertiary/aromatic N) is 3. The lowest BCUT2D eigenvalue weighted by Gasteiger charge is -2.31. The number of carbonyl (C=O) groups excluding carboxylic acids is 1. The first-order valence-electron chi connectivity index (χ1n) is 10.9. The summed E-state index contributed by atoms with van der Waals surface area (Å²) in [6, 6.07) is 16.6. The van der Waals surface area contributed by atoms with Crippen molar-refractivity contribution >= 4 is 5.91 Å². The summed E-state index contributed by atoms with van der Waals surface area (Å²) in [7, 11) is 0. The van der Waals surface area contributed by atoms with Crippen LogP contribution in [0.15, 0.2) is 54.7 Å². The third-order valence-electron chi connectivity index (χ3n) is 6.22. The minimum atomic E-state index is 0.0951. The van der Waals surface area contributed by atoms with Crippen LogP contribution in [-0.4, -0.2) is 53.3 Å². The molecule has 5 nitrogen and oxygen atoms in total. The van der Waals surface area contributed by atoms with E-state index in [1.807, 2.05) is 34.0 Å². The number of quaternary nitrogens is 1. The van der Waals surface area contributed by atoms with Crippen molar-refractivity contribution in [3.05, 3.63) is 77.0 Å². The van der Waals surface area contributed by atoms with Gasteiger partial charge in [0.25, 0.3) is 5.91 Å². The molecule has 1 fully saturated rings. The van der Waals surface area contributed by atoms with E-state index < -0.39 is 0 Å². The van der Waals surface area contributed by atoms with Crippen LogP contribution in [0.3, 0.4) is 0 Å². The Labute approximate surface area is 178 Å². The molecule has 2 aromatic carbocycles. The van der Waals surface area contributed by atoms with Crippen molar-refractivity contribution in [1.29, 1.82) is 0 Å². The first-order chi connectivity index (χ1) is 14.5. The molecule has 1 N–H and O–H groups in total. The Hall–Kier alpha value is -2.92. The molecule has 0 bridgehead atoms. The molecular formula is C25H31N4O+. The van der Waals surface area contributed by atoms with Gasteiger partial charge in [0, 0.05) is 11.8 Å². The summed E-state index contributed by atoms with van der Waals surface area (Å²) >= 11 is 0. The molecule has 3 aromatic rings. The highest BCUT2D eigenvalue weighted by Gasteiger charge is 2.27. The Kier molecular flexibility index (Phi) is 6.00. The molecule has 1 aromatic heterocycles. The summed E-state index contributed by atoms with van der Waals surface area (Å²) in [6.07, 6.45) is 1.93. The predicted octanol–water partition coefficient (Wildman–Crippen LogP) is 2.58. The van der Waals surface area contributed by atoms with Crippen molar-refractivity contribution in [2.75, 3.05) is 32.7 Å².